The summed E-state index contributed by atoms with van der Waals surface area (Å²) in [6, 6.07) is 5.60. The van der Waals surface area contributed by atoms with Crippen LogP contribution in [0, 0.1) is 0 Å². The minimum Gasteiger partial charge on any atom is -0.481 e. The monoisotopic (exact) mass is 265 g/mol. The van der Waals surface area contributed by atoms with E-state index in [1.54, 1.807) is 13.8 Å². The number of carboxylic acid groups (broad SMARTS) is 1. The average molecular weight is 266 g/mol. The molecule has 3 nitrogen and oxygen atoms in total. The number of aliphatic carboxylic acids is 1. The van der Waals surface area contributed by atoms with Crippen molar-refractivity contribution >= 4 is 28.5 Å². The molecule has 0 aliphatic heterocycles. The highest BCUT2D eigenvalue weighted by atomic mass is 35.5. The average Bonchev–Trinajstić information content (AvgIpc) is 2.67. The van der Waals surface area contributed by atoms with Gasteiger partial charge in [0.2, 0.25) is 0 Å². The maximum Gasteiger partial charge on any atom is 0.313 e. The molecule has 1 aromatic heterocycles. The Morgan fingerprint density at radius 3 is 2.67 bits per heavy atom. The van der Waals surface area contributed by atoms with Gasteiger partial charge in [-0.3, -0.25) is 4.79 Å². The van der Waals surface area contributed by atoms with Crippen LogP contribution in [-0.2, 0) is 16.8 Å². The highest BCUT2D eigenvalue weighted by Gasteiger charge is 2.32. The van der Waals surface area contributed by atoms with Crippen LogP contribution in [0.3, 0.4) is 0 Å². The molecule has 0 radical (unpaired) electrons. The Kier molecular flexibility index (Phi) is 3.11. The number of fused-ring (bicyclic) bond motifs is 1. The summed E-state index contributed by atoms with van der Waals surface area (Å²) in [4.78, 5) is 11.4. The molecule has 0 atom stereocenters. The lowest BCUT2D eigenvalue weighted by Crippen LogP contribution is -2.28. The Balaban J connectivity index is 2.79. The number of nitrogens with zero attached hydrogens (tertiary/aromatic N) is 1. The Labute approximate surface area is 111 Å². The molecule has 4 heteroatoms. The van der Waals surface area contributed by atoms with E-state index in [4.69, 9.17) is 11.6 Å². The molecule has 1 N–H and O–H groups in total. The summed E-state index contributed by atoms with van der Waals surface area (Å²) in [7, 11) is 0. The van der Waals surface area contributed by atoms with Crippen molar-refractivity contribution in [1.82, 2.24) is 4.57 Å². The molecule has 0 saturated heterocycles. The van der Waals surface area contributed by atoms with Crippen molar-refractivity contribution < 1.29 is 9.90 Å². The van der Waals surface area contributed by atoms with Gasteiger partial charge in [0.25, 0.3) is 0 Å². The van der Waals surface area contributed by atoms with E-state index in [1.165, 1.54) is 0 Å². The standard InChI is InChI=1S/C14H16ClNO2/c1-4-16-8-11(14(2,3)13(17)18)10-7-9(15)5-6-12(10)16/h5-8H,4H2,1-3H3,(H,17,18). The minimum atomic E-state index is -0.927. The number of hydrogen-bond acceptors (Lipinski definition) is 1. The number of carboxylic acids is 1. The van der Waals surface area contributed by atoms with Crippen LogP contribution in [0.25, 0.3) is 10.9 Å². The summed E-state index contributed by atoms with van der Waals surface area (Å²) in [5.41, 5.74) is 0.893. The van der Waals surface area contributed by atoms with Crippen molar-refractivity contribution in [3.05, 3.63) is 35.0 Å². The molecule has 0 fully saturated rings. The third-order valence-corrected chi connectivity index (χ3v) is 3.63. The zero-order chi connectivity index (χ0) is 13.5. The highest BCUT2D eigenvalue weighted by Crippen LogP contribution is 2.33. The largest absolute Gasteiger partial charge is 0.481 e. The van der Waals surface area contributed by atoms with Gasteiger partial charge in [0.15, 0.2) is 0 Å². The molecule has 96 valence electrons. The molecule has 0 saturated carbocycles. The van der Waals surface area contributed by atoms with Gasteiger partial charge in [0.1, 0.15) is 0 Å². The van der Waals surface area contributed by atoms with Crippen LogP contribution in [0.5, 0.6) is 0 Å². The van der Waals surface area contributed by atoms with E-state index in [2.05, 4.69) is 0 Å². The Hall–Kier alpha value is -1.48. The van der Waals surface area contributed by atoms with Gasteiger partial charge in [-0.2, -0.15) is 0 Å². The molecular weight excluding hydrogens is 250 g/mol. The van der Waals surface area contributed by atoms with E-state index in [-0.39, 0.29) is 0 Å². The van der Waals surface area contributed by atoms with Gasteiger partial charge in [-0.25, -0.2) is 0 Å². The highest BCUT2D eigenvalue weighted by molar-refractivity contribution is 6.31. The van der Waals surface area contributed by atoms with E-state index in [0.717, 1.165) is 23.0 Å². The SMILES string of the molecule is CCn1cc(C(C)(C)C(=O)O)c2cc(Cl)ccc21. The van der Waals surface area contributed by atoms with Crippen LogP contribution in [0.2, 0.25) is 5.02 Å². The van der Waals surface area contributed by atoms with Crippen LogP contribution < -0.4 is 0 Å². The van der Waals surface area contributed by atoms with Gasteiger partial charge >= 0.3 is 5.97 Å². The topological polar surface area (TPSA) is 42.2 Å². The molecule has 0 spiro atoms. The van der Waals surface area contributed by atoms with Crippen molar-refractivity contribution in [1.29, 1.82) is 0 Å². The molecule has 2 rings (SSSR count). The van der Waals surface area contributed by atoms with Gasteiger partial charge in [-0.05, 0) is 44.5 Å². The summed E-state index contributed by atoms with van der Waals surface area (Å²) in [6.45, 7) is 6.26. The fraction of sp³-hybridized carbons (Fsp3) is 0.357. The second kappa shape index (κ2) is 4.32. The molecule has 1 heterocycles. The lowest BCUT2D eigenvalue weighted by Gasteiger charge is -2.18. The fourth-order valence-corrected chi connectivity index (χ4v) is 2.32. The van der Waals surface area contributed by atoms with E-state index in [9.17, 15) is 9.90 Å². The van der Waals surface area contributed by atoms with Gasteiger partial charge < -0.3 is 9.67 Å². The minimum absolute atomic E-state index is 0.624. The Morgan fingerprint density at radius 2 is 2.11 bits per heavy atom. The van der Waals surface area contributed by atoms with Crippen LogP contribution in [0.15, 0.2) is 24.4 Å². The third kappa shape index (κ3) is 1.89. The second-order valence-electron chi connectivity index (χ2n) is 4.92. The van der Waals surface area contributed by atoms with Gasteiger partial charge in [0.05, 0.1) is 5.41 Å². The van der Waals surface area contributed by atoms with E-state index in [0.29, 0.717) is 5.02 Å². The van der Waals surface area contributed by atoms with Crippen molar-refractivity contribution in [3.8, 4) is 0 Å². The number of carbonyl (C=O) groups is 1. The number of aromatic nitrogens is 1. The molecule has 1 aromatic carbocycles. The second-order valence-corrected chi connectivity index (χ2v) is 5.36. The van der Waals surface area contributed by atoms with Gasteiger partial charge in [-0.15, -0.1) is 0 Å². The predicted octanol–water partition coefficient (Wildman–Crippen LogP) is 3.68. The molecule has 2 aromatic rings. The zero-order valence-corrected chi connectivity index (χ0v) is 11.5. The van der Waals surface area contributed by atoms with Crippen LogP contribution >= 0.6 is 11.6 Å². The lowest BCUT2D eigenvalue weighted by molar-refractivity contribution is -0.142. The van der Waals surface area contributed by atoms with Crippen molar-refractivity contribution in [2.45, 2.75) is 32.7 Å². The summed E-state index contributed by atoms with van der Waals surface area (Å²) >= 11 is 6.02. The van der Waals surface area contributed by atoms with Crippen LogP contribution in [0.4, 0.5) is 0 Å². The maximum absolute atomic E-state index is 11.4. The third-order valence-electron chi connectivity index (χ3n) is 3.39. The van der Waals surface area contributed by atoms with Crippen LogP contribution in [-0.4, -0.2) is 15.6 Å². The van der Waals surface area contributed by atoms with E-state index in [1.807, 2.05) is 35.9 Å². The molecule has 18 heavy (non-hydrogen) atoms. The molecule has 0 aliphatic carbocycles. The van der Waals surface area contributed by atoms with Gasteiger partial charge in [0, 0.05) is 28.7 Å². The summed E-state index contributed by atoms with van der Waals surface area (Å²) in [5, 5.41) is 10.9. The van der Waals surface area contributed by atoms with E-state index >= 15 is 0 Å². The smallest absolute Gasteiger partial charge is 0.313 e. The van der Waals surface area contributed by atoms with Crippen molar-refractivity contribution in [2.24, 2.45) is 0 Å². The van der Waals surface area contributed by atoms with E-state index < -0.39 is 11.4 Å². The number of hydrogen-bond donors (Lipinski definition) is 1. The number of aryl methyl sites for hydroxylation is 1. The Bertz CT molecular complexity index is 614. The fourth-order valence-electron chi connectivity index (χ4n) is 2.14. The number of rotatable bonds is 3. The lowest BCUT2D eigenvalue weighted by atomic mass is 9.85. The number of benzene rings is 1. The first-order valence-corrected chi connectivity index (χ1v) is 6.28. The molecule has 0 unspecified atom stereocenters. The molecule has 0 amide bonds. The molecule has 0 bridgehead atoms. The summed E-state index contributed by atoms with van der Waals surface area (Å²) in [5.74, 6) is -0.836. The summed E-state index contributed by atoms with van der Waals surface area (Å²) in [6.07, 6.45) is 1.91. The normalized spacial score (nSPS) is 12.0. The first kappa shape index (κ1) is 13.0. The quantitative estimate of drug-likeness (QED) is 0.920. The van der Waals surface area contributed by atoms with Crippen molar-refractivity contribution in [2.75, 3.05) is 0 Å². The van der Waals surface area contributed by atoms with Crippen molar-refractivity contribution in [3.63, 3.8) is 0 Å². The maximum atomic E-state index is 11.4. The Morgan fingerprint density at radius 1 is 1.44 bits per heavy atom. The van der Waals surface area contributed by atoms with Crippen LogP contribution in [0.1, 0.15) is 26.3 Å². The number of halogens is 1. The molecule has 0 aliphatic rings. The first-order valence-electron chi connectivity index (χ1n) is 5.90. The zero-order valence-electron chi connectivity index (χ0n) is 10.7. The predicted molar refractivity (Wildman–Crippen MR) is 73.3 cm³/mol. The summed E-state index contributed by atoms with van der Waals surface area (Å²) < 4.78 is 2.05. The first-order chi connectivity index (χ1) is 8.37. The van der Waals surface area contributed by atoms with Gasteiger partial charge in [-0.1, -0.05) is 11.6 Å². The molecular formula is C14H16ClNO2.